The largest absolute Gasteiger partial charge is 0.383 e. The monoisotopic (exact) mass is 267 g/mol. The Morgan fingerprint density at radius 1 is 0.900 bits per heavy atom. The van der Waals surface area contributed by atoms with Gasteiger partial charge in [-0.1, -0.05) is 35.9 Å². The van der Waals surface area contributed by atoms with Crippen molar-refractivity contribution in [1.82, 2.24) is 0 Å². The molecule has 1 atom stereocenters. The molecule has 0 aliphatic heterocycles. The fourth-order valence-electron chi connectivity index (χ4n) is 2.67. The summed E-state index contributed by atoms with van der Waals surface area (Å²) in [6.45, 7) is 8.71. The molecule has 0 heterocycles. The van der Waals surface area contributed by atoms with Crippen LogP contribution in [0.5, 0.6) is 0 Å². The van der Waals surface area contributed by atoms with Crippen molar-refractivity contribution in [3.8, 4) is 0 Å². The second-order valence-corrected chi connectivity index (χ2v) is 5.95. The van der Waals surface area contributed by atoms with Gasteiger partial charge in [0.2, 0.25) is 0 Å². The number of rotatable bonds is 5. The topological polar surface area (TPSA) is 12.0 Å². The van der Waals surface area contributed by atoms with Gasteiger partial charge in [0.1, 0.15) is 0 Å². The second-order valence-electron chi connectivity index (χ2n) is 5.95. The molecule has 1 nitrogen and oxygen atoms in total. The van der Waals surface area contributed by atoms with Crippen molar-refractivity contribution in [3.05, 3.63) is 64.7 Å². The molecule has 2 aromatic carbocycles. The summed E-state index contributed by atoms with van der Waals surface area (Å²) in [5.41, 5.74) is 6.65. The van der Waals surface area contributed by atoms with Crippen molar-refractivity contribution in [2.24, 2.45) is 0 Å². The number of hydrogen-bond donors (Lipinski definition) is 1. The van der Waals surface area contributed by atoms with Gasteiger partial charge in [-0.3, -0.25) is 0 Å². The number of aryl methyl sites for hydroxylation is 4. The van der Waals surface area contributed by atoms with Gasteiger partial charge in [-0.25, -0.2) is 0 Å². The molecule has 0 saturated heterocycles. The number of hydrogen-bond acceptors (Lipinski definition) is 1. The van der Waals surface area contributed by atoms with Crippen LogP contribution in [0.1, 0.15) is 35.6 Å². The molecular formula is C19H25N. The van der Waals surface area contributed by atoms with Crippen LogP contribution in [0.15, 0.2) is 42.5 Å². The van der Waals surface area contributed by atoms with Gasteiger partial charge in [-0.05, 0) is 69.4 Å². The average Bonchev–Trinajstić information content (AvgIpc) is 2.35. The average molecular weight is 267 g/mol. The van der Waals surface area contributed by atoms with Gasteiger partial charge in [0, 0.05) is 11.7 Å². The minimum atomic E-state index is 0.483. The van der Waals surface area contributed by atoms with Crippen molar-refractivity contribution in [2.75, 3.05) is 5.32 Å². The van der Waals surface area contributed by atoms with Crippen LogP contribution in [-0.2, 0) is 6.42 Å². The minimum Gasteiger partial charge on any atom is -0.383 e. The fraction of sp³-hybridized carbons (Fsp3) is 0.368. The van der Waals surface area contributed by atoms with Gasteiger partial charge in [-0.2, -0.15) is 0 Å². The highest BCUT2D eigenvalue weighted by atomic mass is 14.9. The molecule has 0 bridgehead atoms. The quantitative estimate of drug-likeness (QED) is 0.799. The van der Waals surface area contributed by atoms with Crippen LogP contribution in [0.2, 0.25) is 0 Å². The summed E-state index contributed by atoms with van der Waals surface area (Å²) in [5, 5.41) is 3.61. The molecule has 0 radical (unpaired) electrons. The van der Waals surface area contributed by atoms with Crippen molar-refractivity contribution in [2.45, 2.75) is 46.6 Å². The molecule has 0 amide bonds. The molecule has 2 rings (SSSR count). The third-order valence-electron chi connectivity index (χ3n) is 3.58. The summed E-state index contributed by atoms with van der Waals surface area (Å²) in [5.74, 6) is 0. The predicted molar refractivity (Wildman–Crippen MR) is 88.5 cm³/mol. The van der Waals surface area contributed by atoms with Crippen molar-refractivity contribution in [1.29, 1.82) is 0 Å². The first-order chi connectivity index (χ1) is 9.52. The lowest BCUT2D eigenvalue weighted by molar-refractivity contribution is 0.706. The normalized spacial score (nSPS) is 12.2. The lowest BCUT2D eigenvalue weighted by Gasteiger charge is -2.16. The third kappa shape index (κ3) is 4.41. The SMILES string of the molecule is Cc1cccc(CCC(C)Nc2cc(C)cc(C)c2)c1. The van der Waals surface area contributed by atoms with E-state index in [0.717, 1.165) is 12.8 Å². The third-order valence-corrected chi connectivity index (χ3v) is 3.58. The maximum Gasteiger partial charge on any atom is 0.0347 e. The van der Waals surface area contributed by atoms with E-state index in [1.807, 2.05) is 0 Å². The van der Waals surface area contributed by atoms with Crippen molar-refractivity contribution >= 4 is 5.69 Å². The van der Waals surface area contributed by atoms with Crippen LogP contribution >= 0.6 is 0 Å². The molecular weight excluding hydrogens is 242 g/mol. The van der Waals surface area contributed by atoms with Crippen LogP contribution in [-0.4, -0.2) is 6.04 Å². The summed E-state index contributed by atoms with van der Waals surface area (Å²) >= 11 is 0. The zero-order valence-electron chi connectivity index (χ0n) is 13.0. The van der Waals surface area contributed by atoms with Crippen molar-refractivity contribution < 1.29 is 0 Å². The molecule has 0 aliphatic carbocycles. The molecule has 0 spiro atoms. The first-order valence-corrected chi connectivity index (χ1v) is 7.43. The summed E-state index contributed by atoms with van der Waals surface area (Å²) in [4.78, 5) is 0. The molecule has 0 aromatic heterocycles. The maximum absolute atomic E-state index is 3.61. The second kappa shape index (κ2) is 6.60. The van der Waals surface area contributed by atoms with Crippen LogP contribution in [0, 0.1) is 20.8 Å². The zero-order chi connectivity index (χ0) is 14.5. The van der Waals surface area contributed by atoms with E-state index in [9.17, 15) is 0 Å². The Morgan fingerprint density at radius 2 is 1.60 bits per heavy atom. The van der Waals surface area contributed by atoms with E-state index >= 15 is 0 Å². The molecule has 106 valence electrons. The Hall–Kier alpha value is -1.76. The van der Waals surface area contributed by atoms with Gasteiger partial charge < -0.3 is 5.32 Å². The molecule has 1 unspecified atom stereocenters. The van der Waals surface area contributed by atoms with E-state index in [1.54, 1.807) is 0 Å². The highest BCUT2D eigenvalue weighted by Gasteiger charge is 2.04. The Balaban J connectivity index is 1.90. The summed E-state index contributed by atoms with van der Waals surface area (Å²) in [6, 6.07) is 15.9. The molecule has 1 heteroatoms. The van der Waals surface area contributed by atoms with Gasteiger partial charge >= 0.3 is 0 Å². The van der Waals surface area contributed by atoms with Gasteiger partial charge in [0.15, 0.2) is 0 Å². The van der Waals surface area contributed by atoms with E-state index in [0.29, 0.717) is 6.04 Å². The van der Waals surface area contributed by atoms with Gasteiger partial charge in [0.25, 0.3) is 0 Å². The Morgan fingerprint density at radius 3 is 2.25 bits per heavy atom. The predicted octanol–water partition coefficient (Wildman–Crippen LogP) is 5.05. The number of nitrogens with one attached hydrogen (secondary N) is 1. The van der Waals surface area contributed by atoms with Crippen LogP contribution in [0.25, 0.3) is 0 Å². The standard InChI is InChI=1S/C19H25N/c1-14-6-5-7-18(11-14)9-8-17(4)20-19-12-15(2)10-16(3)13-19/h5-7,10-13,17,20H,8-9H2,1-4H3. The fourth-order valence-corrected chi connectivity index (χ4v) is 2.67. The molecule has 2 aromatic rings. The first kappa shape index (κ1) is 14.6. The molecule has 0 fully saturated rings. The van der Waals surface area contributed by atoms with E-state index in [-0.39, 0.29) is 0 Å². The first-order valence-electron chi connectivity index (χ1n) is 7.43. The van der Waals surface area contributed by atoms with E-state index in [1.165, 1.54) is 27.9 Å². The smallest absolute Gasteiger partial charge is 0.0347 e. The summed E-state index contributed by atoms with van der Waals surface area (Å²) in [6.07, 6.45) is 2.27. The zero-order valence-corrected chi connectivity index (χ0v) is 13.0. The van der Waals surface area contributed by atoms with E-state index in [4.69, 9.17) is 0 Å². The lowest BCUT2D eigenvalue weighted by Crippen LogP contribution is -2.16. The van der Waals surface area contributed by atoms with Crippen LogP contribution < -0.4 is 5.32 Å². The van der Waals surface area contributed by atoms with Crippen molar-refractivity contribution in [3.63, 3.8) is 0 Å². The minimum absolute atomic E-state index is 0.483. The summed E-state index contributed by atoms with van der Waals surface area (Å²) < 4.78 is 0. The summed E-state index contributed by atoms with van der Waals surface area (Å²) in [7, 11) is 0. The lowest BCUT2D eigenvalue weighted by atomic mass is 10.0. The molecule has 20 heavy (non-hydrogen) atoms. The number of anilines is 1. The van der Waals surface area contributed by atoms with Crippen LogP contribution in [0.4, 0.5) is 5.69 Å². The molecule has 0 saturated carbocycles. The highest BCUT2D eigenvalue weighted by molar-refractivity contribution is 5.48. The maximum atomic E-state index is 3.61. The Kier molecular flexibility index (Phi) is 4.84. The highest BCUT2D eigenvalue weighted by Crippen LogP contribution is 2.16. The van der Waals surface area contributed by atoms with E-state index in [2.05, 4.69) is 75.5 Å². The van der Waals surface area contributed by atoms with Gasteiger partial charge in [-0.15, -0.1) is 0 Å². The Bertz CT molecular complexity index is 551. The Labute approximate surface area is 123 Å². The molecule has 1 N–H and O–H groups in total. The van der Waals surface area contributed by atoms with Gasteiger partial charge in [0.05, 0.1) is 0 Å². The van der Waals surface area contributed by atoms with Crippen LogP contribution in [0.3, 0.4) is 0 Å². The number of benzene rings is 2. The van der Waals surface area contributed by atoms with E-state index < -0.39 is 0 Å². The molecule has 0 aliphatic rings.